The zero-order valence-corrected chi connectivity index (χ0v) is 9.78. The first-order valence-corrected chi connectivity index (χ1v) is 5.25. The van der Waals surface area contributed by atoms with Gasteiger partial charge in [-0.3, -0.25) is 0 Å². The molecule has 0 atom stereocenters. The van der Waals surface area contributed by atoms with Crippen LogP contribution >= 0.6 is 0 Å². The molecule has 1 heterocycles. The summed E-state index contributed by atoms with van der Waals surface area (Å²) in [6, 6.07) is 5.76. The van der Waals surface area contributed by atoms with Crippen LogP contribution in [0.25, 0.3) is 11.0 Å². The minimum atomic E-state index is -0.283. The van der Waals surface area contributed by atoms with Gasteiger partial charge in [-0.25, -0.2) is 0 Å². The van der Waals surface area contributed by atoms with Gasteiger partial charge in [0.15, 0.2) is 11.3 Å². The largest absolute Gasteiger partial charge is 0.493 e. The second kappa shape index (κ2) is 3.83. The summed E-state index contributed by atoms with van der Waals surface area (Å²) >= 11 is 0. The van der Waals surface area contributed by atoms with Crippen LogP contribution in [-0.2, 0) is 5.41 Å². The maximum Gasteiger partial charge on any atom is 0.175 e. The molecule has 86 valence electrons. The molecule has 0 aliphatic heterocycles. The first-order valence-electron chi connectivity index (χ1n) is 5.25. The summed E-state index contributed by atoms with van der Waals surface area (Å²) in [6.45, 7) is 4.10. The van der Waals surface area contributed by atoms with E-state index < -0.39 is 0 Å². The van der Waals surface area contributed by atoms with E-state index in [9.17, 15) is 5.11 Å². The Hall–Kier alpha value is -1.48. The fourth-order valence-electron chi connectivity index (χ4n) is 1.87. The van der Waals surface area contributed by atoms with Crippen molar-refractivity contribution in [1.82, 2.24) is 0 Å². The van der Waals surface area contributed by atoms with Crippen LogP contribution in [-0.4, -0.2) is 18.8 Å². The lowest BCUT2D eigenvalue weighted by Gasteiger charge is -2.23. The quantitative estimate of drug-likeness (QED) is 0.864. The Bertz CT molecular complexity index is 497. The Morgan fingerprint density at radius 2 is 2.06 bits per heavy atom. The van der Waals surface area contributed by atoms with Crippen molar-refractivity contribution in [3.8, 4) is 5.75 Å². The number of furan rings is 1. The molecule has 16 heavy (non-hydrogen) atoms. The molecule has 0 saturated heterocycles. The molecule has 2 aromatic rings. The van der Waals surface area contributed by atoms with Crippen LogP contribution < -0.4 is 4.74 Å². The minimum absolute atomic E-state index is 0.0968. The van der Waals surface area contributed by atoms with Crippen LogP contribution in [0.3, 0.4) is 0 Å². The molecule has 0 radical (unpaired) electrons. The highest BCUT2D eigenvalue weighted by atomic mass is 16.5. The van der Waals surface area contributed by atoms with E-state index in [4.69, 9.17) is 9.15 Å². The molecule has 0 spiro atoms. The maximum absolute atomic E-state index is 9.41. The van der Waals surface area contributed by atoms with Gasteiger partial charge in [0.2, 0.25) is 0 Å². The van der Waals surface area contributed by atoms with Crippen LogP contribution in [0.2, 0.25) is 0 Å². The van der Waals surface area contributed by atoms with Crippen molar-refractivity contribution < 1.29 is 14.3 Å². The third kappa shape index (κ3) is 1.57. The van der Waals surface area contributed by atoms with E-state index in [1.165, 1.54) is 0 Å². The van der Waals surface area contributed by atoms with Crippen molar-refractivity contribution in [2.75, 3.05) is 13.7 Å². The maximum atomic E-state index is 9.41. The molecular weight excluding hydrogens is 204 g/mol. The molecule has 0 saturated carbocycles. The molecular formula is C13H16O3. The standard InChI is InChI=1S/C13H16O3/c1-13(2,8-14)10-4-5-11(15-3)12-9(10)6-7-16-12/h4-7,14H,8H2,1-3H3. The lowest BCUT2D eigenvalue weighted by Crippen LogP contribution is -2.22. The highest BCUT2D eigenvalue weighted by Crippen LogP contribution is 2.35. The molecule has 0 unspecified atom stereocenters. The molecule has 3 nitrogen and oxygen atoms in total. The number of hydrogen-bond acceptors (Lipinski definition) is 3. The van der Waals surface area contributed by atoms with Gasteiger partial charge in [-0.1, -0.05) is 19.9 Å². The second-order valence-electron chi connectivity index (χ2n) is 4.52. The number of ether oxygens (including phenoxy) is 1. The van der Waals surface area contributed by atoms with Crippen molar-refractivity contribution in [2.24, 2.45) is 0 Å². The molecule has 1 N–H and O–H groups in total. The lowest BCUT2D eigenvalue weighted by molar-refractivity contribution is 0.219. The van der Waals surface area contributed by atoms with Crippen LogP contribution in [0.4, 0.5) is 0 Å². The fourth-order valence-corrected chi connectivity index (χ4v) is 1.87. The van der Waals surface area contributed by atoms with Crippen LogP contribution in [0.1, 0.15) is 19.4 Å². The number of aliphatic hydroxyl groups excluding tert-OH is 1. The normalized spacial score (nSPS) is 12.0. The molecule has 0 fully saturated rings. The monoisotopic (exact) mass is 220 g/mol. The van der Waals surface area contributed by atoms with Crippen molar-refractivity contribution in [2.45, 2.75) is 19.3 Å². The third-order valence-corrected chi connectivity index (χ3v) is 2.92. The molecule has 0 aliphatic rings. The highest BCUT2D eigenvalue weighted by molar-refractivity contribution is 5.87. The fraction of sp³-hybridized carbons (Fsp3) is 0.385. The van der Waals surface area contributed by atoms with E-state index in [0.717, 1.165) is 22.3 Å². The third-order valence-electron chi connectivity index (χ3n) is 2.92. The number of rotatable bonds is 3. The van der Waals surface area contributed by atoms with Gasteiger partial charge in [-0.05, 0) is 17.7 Å². The van der Waals surface area contributed by atoms with Gasteiger partial charge >= 0.3 is 0 Å². The predicted octanol–water partition coefficient (Wildman–Crippen LogP) is 2.71. The Morgan fingerprint density at radius 1 is 1.31 bits per heavy atom. The van der Waals surface area contributed by atoms with Gasteiger partial charge in [0.25, 0.3) is 0 Å². The first-order chi connectivity index (χ1) is 7.60. The SMILES string of the molecule is COc1ccc(C(C)(C)CO)c2ccoc12. The Balaban J connectivity index is 2.69. The van der Waals surface area contributed by atoms with Crippen LogP contribution in [0.5, 0.6) is 5.75 Å². The van der Waals surface area contributed by atoms with Crippen LogP contribution in [0.15, 0.2) is 28.9 Å². The topological polar surface area (TPSA) is 42.6 Å². The number of hydrogen-bond donors (Lipinski definition) is 1. The summed E-state index contributed by atoms with van der Waals surface area (Å²) in [5.41, 5.74) is 1.52. The lowest BCUT2D eigenvalue weighted by atomic mass is 9.83. The average Bonchev–Trinajstić information content (AvgIpc) is 2.76. The Morgan fingerprint density at radius 3 is 2.69 bits per heavy atom. The predicted molar refractivity (Wildman–Crippen MR) is 62.9 cm³/mol. The van der Waals surface area contributed by atoms with E-state index in [2.05, 4.69) is 0 Å². The van der Waals surface area contributed by atoms with Gasteiger partial charge in [0.05, 0.1) is 20.0 Å². The zero-order chi connectivity index (χ0) is 11.8. The van der Waals surface area contributed by atoms with Gasteiger partial charge in [0, 0.05) is 10.8 Å². The van der Waals surface area contributed by atoms with Gasteiger partial charge in [-0.2, -0.15) is 0 Å². The summed E-state index contributed by atoms with van der Waals surface area (Å²) in [7, 11) is 1.62. The van der Waals surface area contributed by atoms with Crippen molar-refractivity contribution in [1.29, 1.82) is 0 Å². The van der Waals surface area contributed by atoms with Crippen molar-refractivity contribution in [3.05, 3.63) is 30.0 Å². The number of methoxy groups -OCH3 is 1. The summed E-state index contributed by atoms with van der Waals surface area (Å²) in [5.74, 6) is 0.720. The smallest absolute Gasteiger partial charge is 0.175 e. The van der Waals surface area contributed by atoms with E-state index in [-0.39, 0.29) is 12.0 Å². The van der Waals surface area contributed by atoms with E-state index >= 15 is 0 Å². The first kappa shape index (κ1) is 11.0. The molecule has 0 aliphatic carbocycles. The van der Waals surface area contributed by atoms with E-state index in [0.29, 0.717) is 0 Å². The Kier molecular flexibility index (Phi) is 2.64. The molecule has 1 aromatic heterocycles. The summed E-state index contributed by atoms with van der Waals surface area (Å²) in [4.78, 5) is 0. The van der Waals surface area contributed by atoms with Gasteiger partial charge in [-0.15, -0.1) is 0 Å². The average molecular weight is 220 g/mol. The van der Waals surface area contributed by atoms with Crippen LogP contribution in [0, 0.1) is 0 Å². The summed E-state index contributed by atoms with van der Waals surface area (Å²) in [5, 5.41) is 10.4. The number of fused-ring (bicyclic) bond motifs is 1. The van der Waals surface area contributed by atoms with E-state index in [1.54, 1.807) is 13.4 Å². The Labute approximate surface area is 94.6 Å². The minimum Gasteiger partial charge on any atom is -0.493 e. The zero-order valence-electron chi connectivity index (χ0n) is 9.78. The van der Waals surface area contributed by atoms with Gasteiger partial charge in [0.1, 0.15) is 0 Å². The summed E-state index contributed by atoms with van der Waals surface area (Å²) in [6.07, 6.45) is 1.64. The van der Waals surface area contributed by atoms with Crippen molar-refractivity contribution in [3.63, 3.8) is 0 Å². The van der Waals surface area contributed by atoms with Gasteiger partial charge < -0.3 is 14.3 Å². The molecule has 0 amide bonds. The number of aliphatic hydroxyl groups is 1. The van der Waals surface area contributed by atoms with Crippen molar-refractivity contribution >= 4 is 11.0 Å². The molecule has 3 heteroatoms. The molecule has 1 aromatic carbocycles. The highest BCUT2D eigenvalue weighted by Gasteiger charge is 2.23. The van der Waals surface area contributed by atoms with E-state index in [1.807, 2.05) is 32.0 Å². The second-order valence-corrected chi connectivity index (χ2v) is 4.52. The molecule has 2 rings (SSSR count). The number of benzene rings is 1. The molecule has 0 bridgehead atoms. The summed E-state index contributed by atoms with van der Waals surface area (Å²) < 4.78 is 10.6.